The summed E-state index contributed by atoms with van der Waals surface area (Å²) in [5.41, 5.74) is 13.2. The second kappa shape index (κ2) is 8.48. The molecule has 2 aromatic carbocycles. The van der Waals surface area contributed by atoms with Gasteiger partial charge in [0.25, 0.3) is 11.8 Å². The number of fused-ring (bicyclic) bond motifs is 1. The Morgan fingerprint density at radius 1 is 1.19 bits per heavy atom. The Morgan fingerprint density at radius 2 is 1.97 bits per heavy atom. The zero-order chi connectivity index (χ0) is 23.0. The van der Waals surface area contributed by atoms with Crippen LogP contribution in [0.4, 0.5) is 5.69 Å². The van der Waals surface area contributed by atoms with Gasteiger partial charge in [0.15, 0.2) is 0 Å². The van der Waals surface area contributed by atoms with Crippen LogP contribution in [0, 0.1) is 6.92 Å². The summed E-state index contributed by atoms with van der Waals surface area (Å²) in [5.74, 6) is -0.677. The van der Waals surface area contributed by atoms with Gasteiger partial charge in [0, 0.05) is 35.4 Å². The predicted octanol–water partition coefficient (Wildman–Crippen LogP) is 4.48. The Kier molecular flexibility index (Phi) is 5.72. The highest BCUT2D eigenvalue weighted by molar-refractivity contribution is 6.11. The third-order valence-corrected chi connectivity index (χ3v) is 6.08. The largest absolute Gasteiger partial charge is 0.366 e. The first kappa shape index (κ1) is 21.6. The summed E-state index contributed by atoms with van der Waals surface area (Å²) in [6.45, 7) is 9.25. The lowest BCUT2D eigenvalue weighted by atomic mass is 9.94. The van der Waals surface area contributed by atoms with Crippen molar-refractivity contribution in [2.24, 2.45) is 5.73 Å². The maximum atomic E-state index is 12.2. The molecule has 1 aliphatic rings. The van der Waals surface area contributed by atoms with Gasteiger partial charge in [-0.15, -0.1) is 0 Å². The molecule has 0 radical (unpaired) electrons. The highest BCUT2D eigenvalue weighted by atomic mass is 16.2. The molecule has 0 atom stereocenters. The fourth-order valence-electron chi connectivity index (χ4n) is 4.14. The number of benzene rings is 2. The molecule has 0 saturated heterocycles. The number of rotatable bonds is 5. The van der Waals surface area contributed by atoms with Gasteiger partial charge in [-0.25, -0.2) is 0 Å². The number of carbonyl (C=O) groups is 2. The van der Waals surface area contributed by atoms with Crippen molar-refractivity contribution in [1.82, 2.24) is 9.88 Å². The van der Waals surface area contributed by atoms with Gasteiger partial charge in [-0.1, -0.05) is 30.9 Å². The van der Waals surface area contributed by atoms with Gasteiger partial charge < -0.3 is 20.9 Å². The number of anilines is 1. The summed E-state index contributed by atoms with van der Waals surface area (Å²) in [5, 5.41) is 3.86. The summed E-state index contributed by atoms with van der Waals surface area (Å²) in [6.07, 6.45) is 3.16. The van der Waals surface area contributed by atoms with Gasteiger partial charge in [0.1, 0.15) is 0 Å². The molecule has 2 amide bonds. The number of nitrogens with two attached hydrogens (primary N) is 1. The number of nitrogens with zero attached hydrogens (tertiary/aromatic N) is 1. The van der Waals surface area contributed by atoms with E-state index in [0.29, 0.717) is 11.1 Å². The molecule has 0 bridgehead atoms. The third-order valence-electron chi connectivity index (χ3n) is 6.08. The van der Waals surface area contributed by atoms with Crippen LogP contribution in [0.25, 0.3) is 27.6 Å². The van der Waals surface area contributed by atoms with Crippen molar-refractivity contribution in [1.29, 1.82) is 0 Å². The first-order valence-corrected chi connectivity index (χ1v) is 10.7. The molecular formula is C26H28N4O2. The molecular weight excluding hydrogens is 400 g/mol. The van der Waals surface area contributed by atoms with Crippen molar-refractivity contribution in [2.75, 3.05) is 25.5 Å². The summed E-state index contributed by atoms with van der Waals surface area (Å²) in [4.78, 5) is 30.0. The molecule has 4 N–H and O–H groups in total. The predicted molar refractivity (Wildman–Crippen MR) is 131 cm³/mol. The number of carbonyl (C=O) groups excluding carboxylic acids is 2. The average Bonchev–Trinajstić information content (AvgIpc) is 3.20. The zero-order valence-electron chi connectivity index (χ0n) is 18.7. The quantitative estimate of drug-likeness (QED) is 0.524. The molecule has 0 unspecified atom stereocenters. The Hall–Kier alpha value is -3.64. The molecule has 32 heavy (non-hydrogen) atoms. The van der Waals surface area contributed by atoms with Crippen LogP contribution in [0.5, 0.6) is 0 Å². The molecule has 164 valence electrons. The standard InChI is InChI=1S/C26H28N4O2/c1-15(2)26(32)29-22-7-5-6-18(16(22)3)19-8-9-20(25(27)31)24-21(19)14-23(28-24)17-10-12-30(4)13-11-17/h5-10,14,28H,1,11-13H2,2-4H3,(H2,27,31)(H,29,32). The van der Waals surface area contributed by atoms with E-state index >= 15 is 0 Å². The molecule has 1 aromatic heterocycles. The molecule has 0 saturated carbocycles. The van der Waals surface area contributed by atoms with Gasteiger partial charge in [-0.2, -0.15) is 0 Å². The van der Waals surface area contributed by atoms with Crippen molar-refractivity contribution >= 4 is 34.0 Å². The second-order valence-electron chi connectivity index (χ2n) is 8.45. The maximum absolute atomic E-state index is 12.2. The Morgan fingerprint density at radius 3 is 2.62 bits per heavy atom. The topological polar surface area (TPSA) is 91.2 Å². The highest BCUT2D eigenvalue weighted by Gasteiger charge is 2.19. The lowest BCUT2D eigenvalue weighted by Crippen LogP contribution is -2.23. The van der Waals surface area contributed by atoms with Gasteiger partial charge in [-0.05, 0) is 67.8 Å². The van der Waals surface area contributed by atoms with Crippen molar-refractivity contribution in [3.63, 3.8) is 0 Å². The summed E-state index contributed by atoms with van der Waals surface area (Å²) >= 11 is 0. The lowest BCUT2D eigenvalue weighted by Gasteiger charge is -2.21. The van der Waals surface area contributed by atoms with Crippen LogP contribution in [0.3, 0.4) is 0 Å². The molecule has 0 aliphatic carbocycles. The van der Waals surface area contributed by atoms with E-state index in [9.17, 15) is 9.59 Å². The van der Waals surface area contributed by atoms with Gasteiger partial charge in [-0.3, -0.25) is 9.59 Å². The number of hydrogen-bond acceptors (Lipinski definition) is 3. The van der Waals surface area contributed by atoms with E-state index in [1.165, 1.54) is 5.57 Å². The number of aromatic amines is 1. The SMILES string of the molecule is C=C(C)C(=O)Nc1cccc(-c2ccc(C(N)=O)c3[nH]c(C4=CCN(C)CC4)cc23)c1C. The van der Waals surface area contributed by atoms with Crippen LogP contribution >= 0.6 is 0 Å². The number of H-pyrrole nitrogens is 1. The van der Waals surface area contributed by atoms with E-state index < -0.39 is 5.91 Å². The fraction of sp³-hybridized carbons (Fsp3) is 0.231. The minimum Gasteiger partial charge on any atom is -0.366 e. The summed E-state index contributed by atoms with van der Waals surface area (Å²) in [6, 6.07) is 11.6. The third kappa shape index (κ3) is 3.97. The van der Waals surface area contributed by atoms with Crippen LogP contribution < -0.4 is 11.1 Å². The van der Waals surface area contributed by atoms with Crippen molar-refractivity contribution in [3.05, 3.63) is 71.4 Å². The molecule has 1 aliphatic heterocycles. The molecule has 3 aromatic rings. The van der Waals surface area contributed by atoms with E-state index in [4.69, 9.17) is 5.73 Å². The van der Waals surface area contributed by atoms with Crippen LogP contribution in [-0.2, 0) is 4.79 Å². The minimum absolute atomic E-state index is 0.211. The van der Waals surface area contributed by atoms with Crippen LogP contribution in [0.2, 0.25) is 0 Å². The number of likely N-dealkylation sites (N-methyl/N-ethyl adjacent to an activating group) is 1. The number of primary amides is 1. The van der Waals surface area contributed by atoms with E-state index in [-0.39, 0.29) is 5.91 Å². The van der Waals surface area contributed by atoms with Crippen molar-refractivity contribution in [2.45, 2.75) is 20.3 Å². The Labute approximate surface area is 187 Å². The average molecular weight is 429 g/mol. The molecule has 4 rings (SSSR count). The molecule has 6 heteroatoms. The molecule has 0 fully saturated rings. The zero-order valence-corrected chi connectivity index (χ0v) is 18.7. The minimum atomic E-state index is -0.466. The normalized spacial score (nSPS) is 14.3. The molecule has 6 nitrogen and oxygen atoms in total. The van der Waals surface area contributed by atoms with E-state index in [1.54, 1.807) is 13.0 Å². The fourth-order valence-corrected chi connectivity index (χ4v) is 4.14. The number of amides is 2. The number of nitrogens with one attached hydrogen (secondary N) is 2. The number of aromatic nitrogens is 1. The first-order chi connectivity index (χ1) is 15.3. The van der Waals surface area contributed by atoms with Crippen molar-refractivity contribution < 1.29 is 9.59 Å². The van der Waals surface area contributed by atoms with Crippen LogP contribution in [0.15, 0.2) is 54.6 Å². The van der Waals surface area contributed by atoms with E-state index in [1.807, 2.05) is 31.2 Å². The highest BCUT2D eigenvalue weighted by Crippen LogP contribution is 2.37. The second-order valence-corrected chi connectivity index (χ2v) is 8.45. The molecule has 0 spiro atoms. The van der Waals surface area contributed by atoms with E-state index in [0.717, 1.165) is 58.5 Å². The maximum Gasteiger partial charge on any atom is 0.250 e. The summed E-state index contributed by atoms with van der Waals surface area (Å²) < 4.78 is 0. The van der Waals surface area contributed by atoms with E-state index in [2.05, 4.69) is 41.0 Å². The summed E-state index contributed by atoms with van der Waals surface area (Å²) in [7, 11) is 2.10. The van der Waals surface area contributed by atoms with Crippen molar-refractivity contribution in [3.8, 4) is 11.1 Å². The number of hydrogen-bond donors (Lipinski definition) is 3. The monoisotopic (exact) mass is 428 g/mol. The van der Waals surface area contributed by atoms with Crippen LogP contribution in [-0.4, -0.2) is 41.8 Å². The Bertz CT molecular complexity index is 1280. The Balaban J connectivity index is 1.87. The first-order valence-electron chi connectivity index (χ1n) is 10.7. The smallest absolute Gasteiger partial charge is 0.250 e. The lowest BCUT2D eigenvalue weighted by molar-refractivity contribution is -0.112. The van der Waals surface area contributed by atoms with Gasteiger partial charge >= 0.3 is 0 Å². The molecule has 2 heterocycles. The van der Waals surface area contributed by atoms with Gasteiger partial charge in [0.2, 0.25) is 0 Å². The van der Waals surface area contributed by atoms with Crippen LogP contribution in [0.1, 0.15) is 35.0 Å². The van der Waals surface area contributed by atoms with Gasteiger partial charge in [0.05, 0.1) is 11.1 Å².